The van der Waals surface area contributed by atoms with Crippen molar-refractivity contribution in [2.75, 3.05) is 32.7 Å². The molecular formula is C14H27N3O. The Morgan fingerprint density at radius 1 is 1.17 bits per heavy atom. The zero-order chi connectivity index (χ0) is 13.1. The van der Waals surface area contributed by atoms with Gasteiger partial charge in [0.15, 0.2) is 0 Å². The van der Waals surface area contributed by atoms with Gasteiger partial charge in [0.1, 0.15) is 0 Å². The summed E-state index contributed by atoms with van der Waals surface area (Å²) in [5, 5.41) is 3.34. The zero-order valence-electron chi connectivity index (χ0n) is 12.0. The maximum atomic E-state index is 12.6. The van der Waals surface area contributed by atoms with Crippen molar-refractivity contribution >= 4 is 5.91 Å². The number of carbonyl (C=O) groups excluding carboxylic acids is 1. The summed E-state index contributed by atoms with van der Waals surface area (Å²) in [5.74, 6) is 0.916. The number of piperazine rings is 1. The van der Waals surface area contributed by atoms with Crippen LogP contribution in [0.25, 0.3) is 0 Å². The van der Waals surface area contributed by atoms with E-state index in [1.807, 2.05) is 0 Å². The van der Waals surface area contributed by atoms with Gasteiger partial charge in [-0.2, -0.15) is 0 Å². The van der Waals surface area contributed by atoms with Gasteiger partial charge in [0.2, 0.25) is 5.91 Å². The van der Waals surface area contributed by atoms with E-state index in [1.165, 1.54) is 12.8 Å². The molecule has 4 heteroatoms. The molecule has 18 heavy (non-hydrogen) atoms. The quantitative estimate of drug-likeness (QED) is 0.812. The Morgan fingerprint density at radius 2 is 1.83 bits per heavy atom. The van der Waals surface area contributed by atoms with Crippen LogP contribution in [0, 0.1) is 5.92 Å². The SMILES string of the molecule is CC(C)C1CCCN1C(=O)C(C)N1CCNCC1. The summed E-state index contributed by atoms with van der Waals surface area (Å²) >= 11 is 0. The van der Waals surface area contributed by atoms with Gasteiger partial charge >= 0.3 is 0 Å². The fourth-order valence-electron chi connectivity index (χ4n) is 3.22. The molecule has 0 bridgehead atoms. The fraction of sp³-hybridized carbons (Fsp3) is 0.929. The molecule has 2 aliphatic heterocycles. The van der Waals surface area contributed by atoms with Gasteiger partial charge in [-0.3, -0.25) is 9.69 Å². The molecule has 0 aromatic rings. The molecule has 1 amide bonds. The van der Waals surface area contributed by atoms with Gasteiger partial charge in [-0.25, -0.2) is 0 Å². The minimum Gasteiger partial charge on any atom is -0.338 e. The van der Waals surface area contributed by atoms with E-state index >= 15 is 0 Å². The second-order valence-electron chi connectivity index (χ2n) is 5.95. The van der Waals surface area contributed by atoms with E-state index in [9.17, 15) is 4.79 Å². The van der Waals surface area contributed by atoms with E-state index in [2.05, 4.69) is 35.9 Å². The van der Waals surface area contributed by atoms with E-state index < -0.39 is 0 Å². The first-order chi connectivity index (χ1) is 8.61. The lowest BCUT2D eigenvalue weighted by molar-refractivity contribution is -0.138. The first-order valence-electron chi connectivity index (χ1n) is 7.36. The second kappa shape index (κ2) is 6.02. The maximum absolute atomic E-state index is 12.6. The molecule has 2 saturated heterocycles. The molecule has 0 saturated carbocycles. The average molecular weight is 253 g/mol. The Labute approximate surface area is 111 Å². The van der Waals surface area contributed by atoms with Crippen molar-refractivity contribution < 1.29 is 4.79 Å². The lowest BCUT2D eigenvalue weighted by Crippen LogP contribution is -2.54. The fourth-order valence-corrected chi connectivity index (χ4v) is 3.22. The number of likely N-dealkylation sites (tertiary alicyclic amines) is 1. The molecule has 2 rings (SSSR count). The minimum absolute atomic E-state index is 0.0476. The van der Waals surface area contributed by atoms with Crippen molar-refractivity contribution in [3.63, 3.8) is 0 Å². The van der Waals surface area contributed by atoms with Gasteiger partial charge < -0.3 is 10.2 Å². The number of hydrogen-bond acceptors (Lipinski definition) is 3. The Balaban J connectivity index is 1.96. The number of nitrogens with zero attached hydrogens (tertiary/aromatic N) is 2. The number of hydrogen-bond donors (Lipinski definition) is 1. The average Bonchev–Trinajstić information content (AvgIpc) is 2.87. The molecule has 2 fully saturated rings. The van der Waals surface area contributed by atoms with Crippen LogP contribution in [0.2, 0.25) is 0 Å². The van der Waals surface area contributed by atoms with E-state index in [-0.39, 0.29) is 6.04 Å². The molecule has 0 radical (unpaired) electrons. The number of nitrogens with one attached hydrogen (secondary N) is 1. The second-order valence-corrected chi connectivity index (χ2v) is 5.95. The molecule has 2 unspecified atom stereocenters. The van der Waals surface area contributed by atoms with Gasteiger partial charge in [0.05, 0.1) is 6.04 Å². The Hall–Kier alpha value is -0.610. The first-order valence-corrected chi connectivity index (χ1v) is 7.36. The molecule has 104 valence electrons. The van der Waals surface area contributed by atoms with Crippen molar-refractivity contribution in [1.82, 2.24) is 15.1 Å². The number of carbonyl (C=O) groups is 1. The van der Waals surface area contributed by atoms with Gasteiger partial charge in [-0.05, 0) is 25.7 Å². The predicted octanol–water partition coefficient (Wildman–Crippen LogP) is 0.927. The van der Waals surface area contributed by atoms with E-state index in [0.29, 0.717) is 17.9 Å². The Kier molecular flexibility index (Phi) is 4.62. The summed E-state index contributed by atoms with van der Waals surface area (Å²) in [6, 6.07) is 0.509. The van der Waals surface area contributed by atoms with Gasteiger partial charge in [0, 0.05) is 38.8 Å². The summed E-state index contributed by atoms with van der Waals surface area (Å²) in [6.07, 6.45) is 2.35. The van der Waals surface area contributed by atoms with E-state index in [0.717, 1.165) is 32.7 Å². The van der Waals surface area contributed by atoms with Crippen LogP contribution in [0.1, 0.15) is 33.6 Å². The van der Waals surface area contributed by atoms with Gasteiger partial charge in [0.25, 0.3) is 0 Å². The third-order valence-electron chi connectivity index (χ3n) is 4.41. The Bertz CT molecular complexity index is 287. The largest absolute Gasteiger partial charge is 0.338 e. The number of amides is 1. The number of rotatable bonds is 3. The highest BCUT2D eigenvalue weighted by Gasteiger charge is 2.35. The highest BCUT2D eigenvalue weighted by molar-refractivity contribution is 5.82. The Morgan fingerprint density at radius 3 is 2.44 bits per heavy atom. The van der Waals surface area contributed by atoms with Crippen LogP contribution in [0.15, 0.2) is 0 Å². The molecule has 2 heterocycles. The van der Waals surface area contributed by atoms with Gasteiger partial charge in [-0.1, -0.05) is 13.8 Å². The minimum atomic E-state index is 0.0476. The van der Waals surface area contributed by atoms with Crippen LogP contribution in [-0.2, 0) is 4.79 Å². The van der Waals surface area contributed by atoms with Crippen molar-refractivity contribution in [1.29, 1.82) is 0 Å². The van der Waals surface area contributed by atoms with Crippen LogP contribution in [0.5, 0.6) is 0 Å². The zero-order valence-corrected chi connectivity index (χ0v) is 12.0. The summed E-state index contributed by atoms with van der Waals surface area (Å²) in [7, 11) is 0. The molecule has 0 aromatic carbocycles. The third kappa shape index (κ3) is 2.86. The lowest BCUT2D eigenvalue weighted by Gasteiger charge is -2.36. The van der Waals surface area contributed by atoms with Crippen LogP contribution in [-0.4, -0.2) is 60.5 Å². The van der Waals surface area contributed by atoms with E-state index in [1.54, 1.807) is 0 Å². The summed E-state index contributed by atoms with van der Waals surface area (Å²) in [6.45, 7) is 11.5. The summed E-state index contributed by atoms with van der Waals surface area (Å²) < 4.78 is 0. The first kappa shape index (κ1) is 13.8. The molecule has 0 aromatic heterocycles. The normalized spacial score (nSPS) is 27.8. The van der Waals surface area contributed by atoms with Crippen LogP contribution < -0.4 is 5.32 Å². The summed E-state index contributed by atoms with van der Waals surface area (Å²) in [4.78, 5) is 17.1. The van der Waals surface area contributed by atoms with Crippen LogP contribution in [0.4, 0.5) is 0 Å². The lowest BCUT2D eigenvalue weighted by atomic mass is 10.0. The standard InChI is InChI=1S/C14H27N3O/c1-11(2)13-5-4-8-17(13)14(18)12(3)16-9-6-15-7-10-16/h11-13,15H,4-10H2,1-3H3. The van der Waals surface area contributed by atoms with E-state index in [4.69, 9.17) is 0 Å². The van der Waals surface area contributed by atoms with Crippen LogP contribution in [0.3, 0.4) is 0 Å². The molecule has 2 aliphatic rings. The van der Waals surface area contributed by atoms with Gasteiger partial charge in [-0.15, -0.1) is 0 Å². The molecular weight excluding hydrogens is 226 g/mol. The molecule has 4 nitrogen and oxygen atoms in total. The van der Waals surface area contributed by atoms with Crippen molar-refractivity contribution in [3.8, 4) is 0 Å². The topological polar surface area (TPSA) is 35.6 Å². The molecule has 0 aliphatic carbocycles. The predicted molar refractivity (Wildman–Crippen MR) is 73.5 cm³/mol. The molecule has 2 atom stereocenters. The smallest absolute Gasteiger partial charge is 0.239 e. The van der Waals surface area contributed by atoms with Crippen molar-refractivity contribution in [3.05, 3.63) is 0 Å². The molecule has 0 spiro atoms. The molecule has 1 N–H and O–H groups in total. The monoisotopic (exact) mass is 253 g/mol. The maximum Gasteiger partial charge on any atom is 0.239 e. The van der Waals surface area contributed by atoms with Crippen LogP contribution >= 0.6 is 0 Å². The van der Waals surface area contributed by atoms with Crippen molar-refractivity contribution in [2.24, 2.45) is 5.92 Å². The summed E-state index contributed by atoms with van der Waals surface area (Å²) in [5.41, 5.74) is 0. The van der Waals surface area contributed by atoms with Crippen molar-refractivity contribution in [2.45, 2.75) is 45.7 Å². The third-order valence-corrected chi connectivity index (χ3v) is 4.41. The highest BCUT2D eigenvalue weighted by atomic mass is 16.2. The highest BCUT2D eigenvalue weighted by Crippen LogP contribution is 2.25.